The van der Waals surface area contributed by atoms with E-state index in [9.17, 15) is 9.59 Å². The number of hydrogen-bond donors (Lipinski definition) is 1. The Morgan fingerprint density at radius 1 is 1.00 bits per heavy atom. The van der Waals surface area contributed by atoms with Crippen LogP contribution in [0.15, 0.2) is 42.7 Å². The number of benzene rings is 1. The van der Waals surface area contributed by atoms with Crippen LogP contribution < -0.4 is 5.32 Å². The van der Waals surface area contributed by atoms with E-state index in [2.05, 4.69) is 15.3 Å². The first kappa shape index (κ1) is 16.9. The van der Waals surface area contributed by atoms with Crippen LogP contribution in [0.3, 0.4) is 0 Å². The van der Waals surface area contributed by atoms with Gasteiger partial charge in [-0.25, -0.2) is 9.78 Å². The number of carbonyl (C=O) groups excluding carboxylic acids is 2. The highest BCUT2D eigenvalue weighted by Gasteiger charge is 2.25. The molecule has 0 atom stereocenters. The molecule has 7 nitrogen and oxygen atoms in total. The van der Waals surface area contributed by atoms with Crippen LogP contribution in [0.4, 0.5) is 4.79 Å². The third-order valence-corrected chi connectivity index (χ3v) is 4.14. The molecule has 0 radical (unpaired) electrons. The van der Waals surface area contributed by atoms with Crippen LogP contribution in [0.5, 0.6) is 0 Å². The lowest BCUT2D eigenvalue weighted by Gasteiger charge is -2.34. The molecular weight excluding hydrogens is 318 g/mol. The van der Waals surface area contributed by atoms with Crippen LogP contribution in [-0.2, 0) is 6.54 Å². The second kappa shape index (κ2) is 7.74. The van der Waals surface area contributed by atoms with Gasteiger partial charge in [0.2, 0.25) is 0 Å². The number of urea groups is 1. The van der Waals surface area contributed by atoms with Crippen LogP contribution >= 0.6 is 0 Å². The number of aryl methyl sites for hydroxylation is 1. The van der Waals surface area contributed by atoms with Gasteiger partial charge in [-0.05, 0) is 12.5 Å². The number of rotatable bonds is 3. The van der Waals surface area contributed by atoms with Gasteiger partial charge in [-0.2, -0.15) is 0 Å². The standard InChI is InChI=1S/C18H21N5O2/c1-14-11-20-16(13-19-14)17(24)22-7-9-23(10-8-22)18(25)21-12-15-5-3-2-4-6-15/h2-6,11,13H,7-10,12H2,1H3,(H,21,25). The minimum absolute atomic E-state index is 0.105. The number of hydrogen-bond acceptors (Lipinski definition) is 4. The summed E-state index contributed by atoms with van der Waals surface area (Å²) in [5, 5.41) is 2.91. The Balaban J connectivity index is 1.48. The van der Waals surface area contributed by atoms with Crippen molar-refractivity contribution in [2.45, 2.75) is 13.5 Å². The quantitative estimate of drug-likeness (QED) is 0.918. The first-order valence-corrected chi connectivity index (χ1v) is 8.28. The molecule has 0 aliphatic carbocycles. The summed E-state index contributed by atoms with van der Waals surface area (Å²) in [6.45, 7) is 4.32. The van der Waals surface area contributed by atoms with Crippen molar-refractivity contribution in [2.75, 3.05) is 26.2 Å². The van der Waals surface area contributed by atoms with Crippen molar-refractivity contribution in [3.63, 3.8) is 0 Å². The number of carbonyl (C=O) groups is 2. The van der Waals surface area contributed by atoms with Gasteiger partial charge in [0.25, 0.3) is 5.91 Å². The van der Waals surface area contributed by atoms with Crippen LogP contribution in [0.25, 0.3) is 0 Å². The van der Waals surface area contributed by atoms with E-state index in [1.165, 1.54) is 6.20 Å². The van der Waals surface area contributed by atoms with Crippen molar-refractivity contribution in [1.29, 1.82) is 0 Å². The first-order chi connectivity index (χ1) is 12.1. The second-order valence-corrected chi connectivity index (χ2v) is 5.97. The molecular formula is C18H21N5O2. The summed E-state index contributed by atoms with van der Waals surface area (Å²) in [6, 6.07) is 9.67. The molecule has 0 spiro atoms. The second-order valence-electron chi connectivity index (χ2n) is 5.97. The summed E-state index contributed by atoms with van der Waals surface area (Å²) >= 11 is 0. The van der Waals surface area contributed by atoms with Crippen LogP contribution in [0, 0.1) is 6.92 Å². The number of aromatic nitrogens is 2. The minimum Gasteiger partial charge on any atom is -0.334 e. The number of nitrogens with zero attached hydrogens (tertiary/aromatic N) is 4. The molecule has 130 valence electrons. The molecule has 2 aromatic rings. The number of nitrogens with one attached hydrogen (secondary N) is 1. The molecule has 3 rings (SSSR count). The molecule has 1 aliphatic heterocycles. The topological polar surface area (TPSA) is 78.4 Å². The molecule has 1 saturated heterocycles. The van der Waals surface area contributed by atoms with E-state index in [0.29, 0.717) is 38.4 Å². The van der Waals surface area contributed by atoms with Crippen molar-refractivity contribution in [2.24, 2.45) is 0 Å². The Bertz CT molecular complexity index is 725. The maximum absolute atomic E-state index is 12.4. The monoisotopic (exact) mass is 339 g/mol. The molecule has 7 heteroatoms. The van der Waals surface area contributed by atoms with Gasteiger partial charge in [0.15, 0.2) is 0 Å². The zero-order valence-corrected chi connectivity index (χ0v) is 14.2. The Labute approximate surface area is 146 Å². The Hall–Kier alpha value is -2.96. The molecule has 1 N–H and O–H groups in total. The van der Waals surface area contributed by atoms with E-state index < -0.39 is 0 Å². The molecule has 1 aliphatic rings. The Kier molecular flexibility index (Phi) is 5.23. The van der Waals surface area contributed by atoms with Gasteiger partial charge < -0.3 is 15.1 Å². The first-order valence-electron chi connectivity index (χ1n) is 8.28. The SMILES string of the molecule is Cc1cnc(C(=O)N2CCN(C(=O)NCc3ccccc3)CC2)cn1. The van der Waals surface area contributed by atoms with Crippen molar-refractivity contribution < 1.29 is 9.59 Å². The van der Waals surface area contributed by atoms with E-state index in [0.717, 1.165) is 11.3 Å². The summed E-state index contributed by atoms with van der Waals surface area (Å²) in [7, 11) is 0. The average Bonchev–Trinajstić information content (AvgIpc) is 2.67. The lowest BCUT2D eigenvalue weighted by atomic mass is 10.2. The molecule has 0 bridgehead atoms. The zero-order chi connectivity index (χ0) is 17.6. The van der Waals surface area contributed by atoms with Gasteiger partial charge in [0.1, 0.15) is 5.69 Å². The zero-order valence-electron chi connectivity index (χ0n) is 14.2. The van der Waals surface area contributed by atoms with Crippen LogP contribution in [0.2, 0.25) is 0 Å². The molecule has 25 heavy (non-hydrogen) atoms. The minimum atomic E-state index is -0.142. The predicted molar refractivity (Wildman–Crippen MR) is 92.9 cm³/mol. The summed E-state index contributed by atoms with van der Waals surface area (Å²) < 4.78 is 0. The number of amides is 3. The lowest BCUT2D eigenvalue weighted by molar-refractivity contribution is 0.0658. The average molecular weight is 339 g/mol. The molecule has 1 fully saturated rings. The fraction of sp³-hybridized carbons (Fsp3) is 0.333. The molecule has 1 aromatic carbocycles. The van der Waals surface area contributed by atoms with Gasteiger partial charge in [0.05, 0.1) is 11.9 Å². The van der Waals surface area contributed by atoms with E-state index in [1.807, 2.05) is 37.3 Å². The summed E-state index contributed by atoms with van der Waals surface area (Å²) in [6.07, 6.45) is 3.08. The summed E-state index contributed by atoms with van der Waals surface area (Å²) in [4.78, 5) is 36.3. The maximum Gasteiger partial charge on any atom is 0.317 e. The molecule has 2 heterocycles. The molecule has 0 saturated carbocycles. The molecule has 3 amide bonds. The van der Waals surface area contributed by atoms with Crippen LogP contribution in [0.1, 0.15) is 21.7 Å². The number of piperazine rings is 1. The summed E-state index contributed by atoms with van der Waals surface area (Å²) in [5.74, 6) is -0.142. The molecule has 1 aromatic heterocycles. The Morgan fingerprint density at radius 3 is 2.32 bits per heavy atom. The maximum atomic E-state index is 12.4. The third-order valence-electron chi connectivity index (χ3n) is 4.14. The third kappa shape index (κ3) is 4.32. The van der Waals surface area contributed by atoms with Gasteiger partial charge in [-0.1, -0.05) is 30.3 Å². The van der Waals surface area contributed by atoms with Crippen LogP contribution in [-0.4, -0.2) is 57.9 Å². The summed E-state index contributed by atoms with van der Waals surface area (Å²) in [5.41, 5.74) is 2.17. The van der Waals surface area contributed by atoms with Gasteiger partial charge in [0, 0.05) is 38.9 Å². The van der Waals surface area contributed by atoms with Crippen molar-refractivity contribution in [1.82, 2.24) is 25.1 Å². The lowest BCUT2D eigenvalue weighted by Crippen LogP contribution is -2.53. The highest BCUT2D eigenvalue weighted by atomic mass is 16.2. The predicted octanol–water partition coefficient (Wildman–Crippen LogP) is 1.45. The van der Waals surface area contributed by atoms with E-state index in [-0.39, 0.29) is 11.9 Å². The van der Waals surface area contributed by atoms with E-state index in [1.54, 1.807) is 16.0 Å². The largest absolute Gasteiger partial charge is 0.334 e. The van der Waals surface area contributed by atoms with E-state index >= 15 is 0 Å². The van der Waals surface area contributed by atoms with Gasteiger partial charge >= 0.3 is 6.03 Å². The van der Waals surface area contributed by atoms with E-state index in [4.69, 9.17) is 0 Å². The fourth-order valence-corrected chi connectivity index (χ4v) is 2.66. The smallest absolute Gasteiger partial charge is 0.317 e. The van der Waals surface area contributed by atoms with Crippen molar-refractivity contribution in [3.8, 4) is 0 Å². The van der Waals surface area contributed by atoms with Crippen molar-refractivity contribution in [3.05, 3.63) is 59.7 Å². The van der Waals surface area contributed by atoms with Crippen molar-refractivity contribution >= 4 is 11.9 Å². The Morgan fingerprint density at radius 2 is 1.68 bits per heavy atom. The molecule has 0 unspecified atom stereocenters. The van der Waals surface area contributed by atoms with Gasteiger partial charge in [-0.15, -0.1) is 0 Å². The van der Waals surface area contributed by atoms with Gasteiger partial charge in [-0.3, -0.25) is 9.78 Å². The normalized spacial score (nSPS) is 14.3. The highest BCUT2D eigenvalue weighted by molar-refractivity contribution is 5.92. The fourth-order valence-electron chi connectivity index (χ4n) is 2.66. The highest BCUT2D eigenvalue weighted by Crippen LogP contribution is 2.07.